The first-order valence-corrected chi connectivity index (χ1v) is 14.7. The molecule has 0 N–H and O–H groups in total. The molecule has 4 nitrogen and oxygen atoms in total. The van der Waals surface area contributed by atoms with Crippen LogP contribution in [0.2, 0.25) is 0 Å². The van der Waals surface area contributed by atoms with Crippen LogP contribution in [-0.4, -0.2) is 34.1 Å². The molecular weight excluding hydrogens is 484 g/mol. The summed E-state index contributed by atoms with van der Waals surface area (Å²) < 4.78 is 7.11. The van der Waals surface area contributed by atoms with Crippen molar-refractivity contribution in [2.75, 3.05) is 12.3 Å². The van der Waals surface area contributed by atoms with Crippen molar-refractivity contribution in [2.24, 2.45) is 0 Å². The van der Waals surface area contributed by atoms with Gasteiger partial charge in [0.1, 0.15) is 16.7 Å². The van der Waals surface area contributed by atoms with Crippen LogP contribution in [0.25, 0.3) is 0 Å². The molecule has 2 aromatic carbocycles. The zero-order chi connectivity index (χ0) is 25.2. The summed E-state index contributed by atoms with van der Waals surface area (Å²) >= 11 is 3.44. The van der Waals surface area contributed by atoms with E-state index in [1.54, 1.807) is 23.1 Å². The Morgan fingerprint density at radius 3 is 2.83 bits per heavy atom. The van der Waals surface area contributed by atoms with Crippen molar-refractivity contribution in [3.8, 4) is 5.75 Å². The Labute approximate surface area is 223 Å². The van der Waals surface area contributed by atoms with Crippen LogP contribution in [0.15, 0.2) is 70.4 Å². The minimum atomic E-state index is 0.201. The van der Waals surface area contributed by atoms with E-state index < -0.39 is 0 Å². The molecule has 0 radical (unpaired) electrons. The van der Waals surface area contributed by atoms with Gasteiger partial charge in [-0.2, -0.15) is 0 Å². The number of para-hydroxylation sites is 1. The summed E-state index contributed by atoms with van der Waals surface area (Å²) in [7, 11) is 0. The number of nitrogens with zero attached hydrogens (tertiary/aromatic N) is 2. The molecule has 0 bridgehead atoms. The summed E-state index contributed by atoms with van der Waals surface area (Å²) in [5.74, 6) is 2.12. The Kier molecular flexibility index (Phi) is 10.1. The lowest BCUT2D eigenvalue weighted by atomic mass is 10.0. The van der Waals surface area contributed by atoms with Gasteiger partial charge < -0.3 is 9.64 Å². The third-order valence-electron chi connectivity index (χ3n) is 6.45. The van der Waals surface area contributed by atoms with Crippen molar-refractivity contribution in [3.63, 3.8) is 0 Å². The maximum atomic E-state index is 12.8. The van der Waals surface area contributed by atoms with Crippen LogP contribution in [0.3, 0.4) is 0 Å². The topological polar surface area (TPSA) is 42.4 Å². The SMILES string of the molecule is Cc1csc(SCCN2C(=O)CCCCC2/C=C/CCc2cccc(COc3ccccc3C)c2)n1. The van der Waals surface area contributed by atoms with E-state index in [1.807, 2.05) is 25.1 Å². The molecule has 0 spiro atoms. The number of ether oxygens (including phenoxy) is 1. The Bertz CT molecular complexity index is 1160. The van der Waals surface area contributed by atoms with Crippen molar-refractivity contribution < 1.29 is 9.53 Å². The zero-order valence-electron chi connectivity index (χ0n) is 21.3. The molecule has 0 saturated carbocycles. The van der Waals surface area contributed by atoms with Crippen molar-refractivity contribution in [1.82, 2.24) is 9.88 Å². The lowest BCUT2D eigenvalue weighted by Crippen LogP contribution is -2.39. The van der Waals surface area contributed by atoms with Crippen molar-refractivity contribution in [1.29, 1.82) is 0 Å². The molecule has 0 aliphatic carbocycles. The molecule has 190 valence electrons. The Morgan fingerprint density at radius 1 is 1.14 bits per heavy atom. The van der Waals surface area contributed by atoms with Crippen LogP contribution in [0, 0.1) is 13.8 Å². The number of amides is 1. The van der Waals surface area contributed by atoms with Crippen molar-refractivity contribution in [2.45, 2.75) is 69.4 Å². The number of carbonyl (C=O) groups excluding carboxylic acids is 1. The molecule has 3 aromatic rings. The predicted octanol–water partition coefficient (Wildman–Crippen LogP) is 7.39. The van der Waals surface area contributed by atoms with Gasteiger partial charge in [-0.15, -0.1) is 11.3 Å². The number of hydrogen-bond donors (Lipinski definition) is 0. The highest BCUT2D eigenvalue weighted by molar-refractivity contribution is 8.01. The molecule has 6 heteroatoms. The van der Waals surface area contributed by atoms with E-state index in [4.69, 9.17) is 4.74 Å². The van der Waals surface area contributed by atoms with Crippen LogP contribution in [-0.2, 0) is 17.8 Å². The third kappa shape index (κ3) is 7.97. The standard InChI is InChI=1S/C30H36N2O2S2/c1-23-10-3-7-16-28(23)34-21-26-13-9-12-25(20-26)11-4-5-14-27-15-6-8-17-29(33)32(27)18-19-35-30-31-24(2)22-36-30/h3,5,7,9-10,12-14,16,20,22,27H,4,6,8,11,15,17-19,21H2,1-2H3/b14-5+. The number of carbonyl (C=O) groups is 1. The van der Waals surface area contributed by atoms with Gasteiger partial charge in [0.15, 0.2) is 0 Å². The molecule has 1 aliphatic rings. The first-order chi connectivity index (χ1) is 17.6. The molecule has 1 fully saturated rings. The molecule has 1 saturated heterocycles. The van der Waals surface area contributed by atoms with Crippen molar-refractivity contribution >= 4 is 29.0 Å². The number of aromatic nitrogens is 1. The maximum Gasteiger partial charge on any atom is 0.223 e. The number of thioether (sulfide) groups is 1. The van der Waals surface area contributed by atoms with E-state index in [-0.39, 0.29) is 6.04 Å². The second-order valence-corrected chi connectivity index (χ2v) is 11.5. The number of aryl methyl sites for hydroxylation is 3. The quantitative estimate of drug-likeness (QED) is 0.195. The highest BCUT2D eigenvalue weighted by Gasteiger charge is 2.24. The summed E-state index contributed by atoms with van der Waals surface area (Å²) in [5, 5.41) is 2.08. The average molecular weight is 521 g/mol. The number of allylic oxidation sites excluding steroid dienone is 1. The first-order valence-electron chi connectivity index (χ1n) is 12.9. The van der Waals surface area contributed by atoms with E-state index in [0.29, 0.717) is 18.9 Å². The highest BCUT2D eigenvalue weighted by atomic mass is 32.2. The summed E-state index contributed by atoms with van der Waals surface area (Å²) in [6.07, 6.45) is 10.3. The zero-order valence-corrected chi connectivity index (χ0v) is 23.0. The Hall–Kier alpha value is -2.57. The second-order valence-electron chi connectivity index (χ2n) is 9.34. The average Bonchev–Trinajstić information content (AvgIpc) is 3.22. The van der Waals surface area contributed by atoms with Crippen LogP contribution >= 0.6 is 23.1 Å². The van der Waals surface area contributed by atoms with E-state index >= 15 is 0 Å². The molecule has 2 heterocycles. The number of thiazole rings is 1. The van der Waals surface area contributed by atoms with Crippen LogP contribution < -0.4 is 4.74 Å². The summed E-state index contributed by atoms with van der Waals surface area (Å²) in [6, 6.07) is 17.0. The lowest BCUT2D eigenvalue weighted by Gasteiger charge is -2.28. The van der Waals surface area contributed by atoms with Crippen LogP contribution in [0.1, 0.15) is 54.5 Å². The number of likely N-dealkylation sites (tertiary alicyclic amines) is 1. The highest BCUT2D eigenvalue weighted by Crippen LogP contribution is 2.25. The van der Waals surface area contributed by atoms with Crippen LogP contribution in [0.5, 0.6) is 5.75 Å². The smallest absolute Gasteiger partial charge is 0.223 e. The lowest BCUT2D eigenvalue weighted by molar-refractivity contribution is -0.131. The van der Waals surface area contributed by atoms with E-state index in [1.165, 1.54) is 11.1 Å². The van der Waals surface area contributed by atoms with Gasteiger partial charge in [-0.3, -0.25) is 4.79 Å². The molecule has 1 aliphatic heterocycles. The van der Waals surface area contributed by atoms with E-state index in [9.17, 15) is 4.79 Å². The summed E-state index contributed by atoms with van der Waals surface area (Å²) in [5.41, 5.74) is 4.72. The fourth-order valence-corrected chi connectivity index (χ4v) is 6.35. The van der Waals surface area contributed by atoms with Gasteiger partial charge in [-0.25, -0.2) is 4.98 Å². The summed E-state index contributed by atoms with van der Waals surface area (Å²) in [6.45, 7) is 5.45. The molecular formula is C30H36N2O2S2. The molecule has 1 amide bonds. The molecule has 1 unspecified atom stereocenters. The predicted molar refractivity (Wildman–Crippen MR) is 151 cm³/mol. The van der Waals surface area contributed by atoms with Crippen molar-refractivity contribution in [3.05, 3.63) is 88.4 Å². The van der Waals surface area contributed by atoms with E-state index in [2.05, 4.69) is 64.7 Å². The minimum absolute atomic E-state index is 0.201. The molecule has 4 rings (SSSR count). The Morgan fingerprint density at radius 2 is 2.00 bits per heavy atom. The normalized spacial score (nSPS) is 16.4. The molecule has 1 atom stereocenters. The fourth-order valence-electron chi connectivity index (χ4n) is 4.49. The maximum absolute atomic E-state index is 12.8. The minimum Gasteiger partial charge on any atom is -0.489 e. The molecule has 1 aromatic heterocycles. The van der Waals surface area contributed by atoms with Gasteiger partial charge in [-0.1, -0.05) is 72.8 Å². The third-order valence-corrected chi connectivity index (χ3v) is 8.57. The van der Waals surface area contributed by atoms with Gasteiger partial charge in [0.05, 0.1) is 0 Å². The van der Waals surface area contributed by atoms with Gasteiger partial charge in [0.2, 0.25) is 5.91 Å². The van der Waals surface area contributed by atoms with Gasteiger partial charge in [-0.05, 0) is 62.3 Å². The monoisotopic (exact) mass is 520 g/mol. The van der Waals surface area contributed by atoms with Gasteiger partial charge >= 0.3 is 0 Å². The number of benzene rings is 2. The largest absolute Gasteiger partial charge is 0.489 e. The Balaban J connectivity index is 1.28. The molecule has 36 heavy (non-hydrogen) atoms. The number of rotatable bonds is 11. The van der Waals surface area contributed by atoms with E-state index in [0.717, 1.165) is 65.7 Å². The fraction of sp³-hybridized carbons (Fsp3) is 0.400. The second kappa shape index (κ2) is 13.7. The van der Waals surface area contributed by atoms with Gasteiger partial charge in [0.25, 0.3) is 0 Å². The number of hydrogen-bond acceptors (Lipinski definition) is 5. The van der Waals surface area contributed by atoms with Crippen LogP contribution in [0.4, 0.5) is 0 Å². The van der Waals surface area contributed by atoms with Gasteiger partial charge in [0, 0.05) is 35.8 Å². The summed E-state index contributed by atoms with van der Waals surface area (Å²) in [4.78, 5) is 19.4. The first kappa shape index (κ1) is 26.5.